The first-order valence-corrected chi connectivity index (χ1v) is 7.81. The van der Waals surface area contributed by atoms with E-state index in [4.69, 9.17) is 4.74 Å². The van der Waals surface area contributed by atoms with Gasteiger partial charge in [0.15, 0.2) is 0 Å². The highest BCUT2D eigenvalue weighted by atomic mass is 16.5. The molecule has 5 nitrogen and oxygen atoms in total. The normalized spacial score (nSPS) is 14.6. The van der Waals surface area contributed by atoms with Crippen LogP contribution in [0.15, 0.2) is 36.5 Å². The summed E-state index contributed by atoms with van der Waals surface area (Å²) in [6.45, 7) is 7.19. The molecule has 0 saturated carbocycles. The molecule has 0 spiro atoms. The van der Waals surface area contributed by atoms with Gasteiger partial charge in [-0.2, -0.15) is 0 Å². The maximum absolute atomic E-state index is 12.3. The van der Waals surface area contributed by atoms with Crippen molar-refractivity contribution in [3.05, 3.63) is 53.3 Å². The summed E-state index contributed by atoms with van der Waals surface area (Å²) < 4.78 is 5.34. The van der Waals surface area contributed by atoms with Crippen molar-refractivity contribution >= 4 is 17.3 Å². The number of anilines is 2. The third-order valence-electron chi connectivity index (χ3n) is 3.99. The molecule has 0 radical (unpaired) electrons. The predicted molar refractivity (Wildman–Crippen MR) is 91.1 cm³/mol. The average Bonchev–Trinajstić information content (AvgIpc) is 2.58. The predicted octanol–water partition coefficient (Wildman–Crippen LogP) is 2.79. The van der Waals surface area contributed by atoms with Gasteiger partial charge in [0.1, 0.15) is 5.69 Å². The third-order valence-corrected chi connectivity index (χ3v) is 3.99. The van der Waals surface area contributed by atoms with Crippen LogP contribution in [-0.2, 0) is 4.74 Å². The van der Waals surface area contributed by atoms with Crippen LogP contribution in [0.25, 0.3) is 0 Å². The van der Waals surface area contributed by atoms with Crippen LogP contribution in [0.5, 0.6) is 0 Å². The molecule has 0 aliphatic carbocycles. The Balaban J connectivity index is 1.69. The molecule has 1 saturated heterocycles. The molecule has 1 amide bonds. The zero-order valence-electron chi connectivity index (χ0n) is 13.5. The molecule has 120 valence electrons. The summed E-state index contributed by atoms with van der Waals surface area (Å²) in [5.41, 5.74) is 4.48. The first-order valence-electron chi connectivity index (χ1n) is 7.81. The Morgan fingerprint density at radius 3 is 2.61 bits per heavy atom. The second-order valence-corrected chi connectivity index (χ2v) is 5.77. The van der Waals surface area contributed by atoms with E-state index in [1.165, 1.54) is 5.56 Å². The molecule has 5 heteroatoms. The van der Waals surface area contributed by atoms with Crippen molar-refractivity contribution in [2.24, 2.45) is 0 Å². The van der Waals surface area contributed by atoms with Crippen molar-refractivity contribution in [3.8, 4) is 0 Å². The zero-order chi connectivity index (χ0) is 16.2. The Morgan fingerprint density at radius 1 is 1.17 bits per heavy atom. The summed E-state index contributed by atoms with van der Waals surface area (Å²) >= 11 is 0. The first kappa shape index (κ1) is 15.5. The molecule has 0 atom stereocenters. The quantitative estimate of drug-likeness (QED) is 0.947. The van der Waals surface area contributed by atoms with E-state index in [0.29, 0.717) is 5.69 Å². The monoisotopic (exact) mass is 311 g/mol. The van der Waals surface area contributed by atoms with Crippen LogP contribution < -0.4 is 10.2 Å². The number of benzene rings is 1. The van der Waals surface area contributed by atoms with E-state index in [2.05, 4.69) is 15.2 Å². The highest BCUT2D eigenvalue weighted by molar-refractivity contribution is 6.03. The lowest BCUT2D eigenvalue weighted by Crippen LogP contribution is -2.36. The summed E-state index contributed by atoms with van der Waals surface area (Å²) in [4.78, 5) is 18.8. The number of hydrogen-bond acceptors (Lipinski definition) is 4. The maximum Gasteiger partial charge on any atom is 0.274 e. The molecule has 1 fully saturated rings. The van der Waals surface area contributed by atoms with Gasteiger partial charge in [0.2, 0.25) is 0 Å². The minimum atomic E-state index is -0.189. The number of carbonyl (C=O) groups is 1. The van der Waals surface area contributed by atoms with Gasteiger partial charge < -0.3 is 15.0 Å². The summed E-state index contributed by atoms with van der Waals surface area (Å²) in [7, 11) is 0. The van der Waals surface area contributed by atoms with E-state index in [1.54, 1.807) is 12.3 Å². The van der Waals surface area contributed by atoms with Gasteiger partial charge in [-0.05, 0) is 37.6 Å². The summed E-state index contributed by atoms with van der Waals surface area (Å²) in [6, 6.07) is 9.66. The van der Waals surface area contributed by atoms with Crippen molar-refractivity contribution in [2.45, 2.75) is 13.8 Å². The molecule has 2 heterocycles. The molecule has 1 aromatic carbocycles. The van der Waals surface area contributed by atoms with Gasteiger partial charge in [-0.25, -0.2) is 4.98 Å². The van der Waals surface area contributed by atoms with Gasteiger partial charge in [-0.3, -0.25) is 4.79 Å². The molecule has 1 aromatic heterocycles. The van der Waals surface area contributed by atoms with Crippen LogP contribution in [0.3, 0.4) is 0 Å². The molecule has 2 aromatic rings. The van der Waals surface area contributed by atoms with E-state index in [1.807, 2.05) is 38.1 Å². The molecule has 0 unspecified atom stereocenters. The van der Waals surface area contributed by atoms with Crippen molar-refractivity contribution in [1.29, 1.82) is 0 Å². The first-order chi connectivity index (χ1) is 11.1. The fourth-order valence-corrected chi connectivity index (χ4v) is 2.67. The van der Waals surface area contributed by atoms with Gasteiger partial charge in [0, 0.05) is 18.8 Å². The van der Waals surface area contributed by atoms with Crippen LogP contribution in [0.4, 0.5) is 11.4 Å². The van der Waals surface area contributed by atoms with Gasteiger partial charge in [0.05, 0.1) is 25.1 Å². The van der Waals surface area contributed by atoms with E-state index >= 15 is 0 Å². The largest absolute Gasteiger partial charge is 0.378 e. The van der Waals surface area contributed by atoms with Crippen molar-refractivity contribution in [1.82, 2.24) is 4.98 Å². The lowest BCUT2D eigenvalue weighted by molar-refractivity contribution is 0.102. The Labute approximate surface area is 136 Å². The molecule has 1 N–H and O–H groups in total. The Hall–Kier alpha value is -2.40. The number of carbonyl (C=O) groups excluding carboxylic acids is 1. The minimum absolute atomic E-state index is 0.189. The number of pyridine rings is 1. The standard InChI is InChI=1S/C18H21N3O2/c1-13-3-5-16(14(2)11-13)20-18(22)17-6-4-15(12-19-17)21-7-9-23-10-8-21/h3-6,11-12H,7-10H2,1-2H3,(H,20,22). The second-order valence-electron chi connectivity index (χ2n) is 5.77. The van der Waals surface area contributed by atoms with E-state index in [0.717, 1.165) is 43.2 Å². The van der Waals surface area contributed by atoms with Crippen LogP contribution in [0.2, 0.25) is 0 Å². The molecular formula is C18H21N3O2. The van der Waals surface area contributed by atoms with Gasteiger partial charge >= 0.3 is 0 Å². The molecule has 0 bridgehead atoms. The number of rotatable bonds is 3. The number of aryl methyl sites for hydroxylation is 2. The molecule has 1 aliphatic heterocycles. The number of morpholine rings is 1. The summed E-state index contributed by atoms with van der Waals surface area (Å²) in [5.74, 6) is -0.189. The van der Waals surface area contributed by atoms with Gasteiger partial charge in [-0.15, -0.1) is 0 Å². The van der Waals surface area contributed by atoms with Crippen LogP contribution >= 0.6 is 0 Å². The smallest absolute Gasteiger partial charge is 0.274 e. The lowest BCUT2D eigenvalue weighted by atomic mass is 10.1. The Bertz CT molecular complexity index is 692. The second kappa shape index (κ2) is 6.79. The fraction of sp³-hybridized carbons (Fsp3) is 0.333. The van der Waals surface area contributed by atoms with Crippen molar-refractivity contribution in [3.63, 3.8) is 0 Å². The zero-order valence-corrected chi connectivity index (χ0v) is 13.5. The van der Waals surface area contributed by atoms with Crippen molar-refractivity contribution < 1.29 is 9.53 Å². The van der Waals surface area contributed by atoms with Gasteiger partial charge in [0.25, 0.3) is 5.91 Å². The van der Waals surface area contributed by atoms with E-state index < -0.39 is 0 Å². The third kappa shape index (κ3) is 3.68. The Morgan fingerprint density at radius 2 is 1.96 bits per heavy atom. The van der Waals surface area contributed by atoms with Gasteiger partial charge in [-0.1, -0.05) is 17.7 Å². The topological polar surface area (TPSA) is 54.5 Å². The number of aromatic nitrogens is 1. The SMILES string of the molecule is Cc1ccc(NC(=O)c2ccc(N3CCOCC3)cn2)c(C)c1. The molecular weight excluding hydrogens is 290 g/mol. The van der Waals surface area contributed by atoms with Crippen LogP contribution in [0, 0.1) is 13.8 Å². The number of amides is 1. The molecule has 3 rings (SSSR count). The van der Waals surface area contributed by atoms with E-state index in [-0.39, 0.29) is 5.91 Å². The number of hydrogen-bond donors (Lipinski definition) is 1. The van der Waals surface area contributed by atoms with Crippen molar-refractivity contribution in [2.75, 3.05) is 36.5 Å². The molecule has 23 heavy (non-hydrogen) atoms. The van der Waals surface area contributed by atoms with Crippen LogP contribution in [-0.4, -0.2) is 37.2 Å². The highest BCUT2D eigenvalue weighted by Crippen LogP contribution is 2.18. The lowest BCUT2D eigenvalue weighted by Gasteiger charge is -2.28. The Kier molecular flexibility index (Phi) is 4.57. The summed E-state index contributed by atoms with van der Waals surface area (Å²) in [6.07, 6.45) is 1.75. The van der Waals surface area contributed by atoms with Crippen LogP contribution in [0.1, 0.15) is 21.6 Å². The summed E-state index contributed by atoms with van der Waals surface area (Å²) in [5, 5.41) is 2.92. The number of nitrogens with one attached hydrogen (secondary N) is 1. The van der Waals surface area contributed by atoms with E-state index in [9.17, 15) is 4.79 Å². The maximum atomic E-state index is 12.3. The highest BCUT2D eigenvalue weighted by Gasteiger charge is 2.13. The number of ether oxygens (including phenoxy) is 1. The minimum Gasteiger partial charge on any atom is -0.378 e. The fourth-order valence-electron chi connectivity index (χ4n) is 2.67. The number of nitrogens with zero attached hydrogens (tertiary/aromatic N) is 2. The molecule has 1 aliphatic rings. The average molecular weight is 311 g/mol.